The van der Waals surface area contributed by atoms with Crippen molar-refractivity contribution in [3.05, 3.63) is 70.5 Å². The first kappa shape index (κ1) is 19.6. The zero-order chi connectivity index (χ0) is 19.2. The predicted molar refractivity (Wildman–Crippen MR) is 111 cm³/mol. The van der Waals surface area contributed by atoms with Crippen LogP contribution in [0.25, 0.3) is 11.4 Å². The second kappa shape index (κ2) is 9.19. The van der Waals surface area contributed by atoms with Gasteiger partial charge in [-0.15, -0.1) is 11.8 Å². The number of halogens is 1. The Morgan fingerprint density at radius 3 is 2.74 bits per heavy atom. The fourth-order valence-corrected chi connectivity index (χ4v) is 3.88. The number of hydrogen-bond donors (Lipinski definition) is 0. The van der Waals surface area contributed by atoms with E-state index in [1.807, 2.05) is 49.4 Å². The lowest BCUT2D eigenvalue weighted by molar-refractivity contribution is -0.129. The maximum atomic E-state index is 12.6. The molecule has 27 heavy (non-hydrogen) atoms. The normalized spacial score (nSPS) is 12.0. The van der Waals surface area contributed by atoms with Crippen LogP contribution in [0, 0.1) is 0 Å². The average molecular weight is 446 g/mol. The topological polar surface area (TPSA) is 59.2 Å². The molecule has 1 amide bonds. The van der Waals surface area contributed by atoms with Crippen molar-refractivity contribution in [3.63, 3.8) is 0 Å². The van der Waals surface area contributed by atoms with Gasteiger partial charge in [-0.2, -0.15) is 4.98 Å². The van der Waals surface area contributed by atoms with Crippen LogP contribution in [0.3, 0.4) is 0 Å². The Hall–Kier alpha value is -2.12. The molecule has 0 saturated heterocycles. The summed E-state index contributed by atoms with van der Waals surface area (Å²) in [6.45, 7) is 2.21. The molecule has 1 atom stereocenters. The van der Waals surface area contributed by atoms with Gasteiger partial charge in [0.1, 0.15) is 0 Å². The molecule has 0 radical (unpaired) electrons. The molecule has 0 aliphatic carbocycles. The van der Waals surface area contributed by atoms with E-state index in [1.165, 1.54) is 5.56 Å². The first-order valence-corrected chi connectivity index (χ1v) is 10.4. The van der Waals surface area contributed by atoms with Gasteiger partial charge in [-0.1, -0.05) is 63.6 Å². The smallest absolute Gasteiger partial charge is 0.246 e. The van der Waals surface area contributed by atoms with Gasteiger partial charge in [0.05, 0.1) is 11.8 Å². The standard InChI is InChI=1S/C20H20BrN3O2S/c1-14(27-13-15-7-4-3-5-8-15)20(25)24(2)12-18-22-19(23-26-18)16-9-6-10-17(21)11-16/h3-11,14H,12-13H2,1-2H3/t14-/m0/s1. The van der Waals surface area contributed by atoms with Gasteiger partial charge in [0.25, 0.3) is 0 Å². The van der Waals surface area contributed by atoms with Crippen LogP contribution in [0.15, 0.2) is 63.6 Å². The lowest BCUT2D eigenvalue weighted by Crippen LogP contribution is -2.33. The summed E-state index contributed by atoms with van der Waals surface area (Å²) < 4.78 is 6.26. The van der Waals surface area contributed by atoms with E-state index >= 15 is 0 Å². The van der Waals surface area contributed by atoms with Crippen LogP contribution < -0.4 is 0 Å². The summed E-state index contributed by atoms with van der Waals surface area (Å²) in [6, 6.07) is 17.8. The van der Waals surface area contributed by atoms with Gasteiger partial charge in [-0.25, -0.2) is 0 Å². The molecule has 0 aliphatic heterocycles. The van der Waals surface area contributed by atoms with Crippen LogP contribution in [-0.2, 0) is 17.1 Å². The molecule has 3 rings (SSSR count). The van der Waals surface area contributed by atoms with Crippen molar-refractivity contribution in [2.24, 2.45) is 0 Å². The van der Waals surface area contributed by atoms with Gasteiger partial charge in [-0.3, -0.25) is 4.79 Å². The lowest BCUT2D eigenvalue weighted by Gasteiger charge is -2.19. The molecule has 0 spiro atoms. The van der Waals surface area contributed by atoms with Gasteiger partial charge >= 0.3 is 0 Å². The van der Waals surface area contributed by atoms with Crippen molar-refractivity contribution in [2.45, 2.75) is 24.5 Å². The molecule has 0 bridgehead atoms. The molecule has 5 nitrogen and oxygen atoms in total. The summed E-state index contributed by atoms with van der Waals surface area (Å²) in [5, 5.41) is 3.86. The summed E-state index contributed by atoms with van der Waals surface area (Å²) in [6.07, 6.45) is 0. The van der Waals surface area contributed by atoms with Crippen LogP contribution in [0.2, 0.25) is 0 Å². The highest BCUT2D eigenvalue weighted by Gasteiger charge is 2.20. The molecule has 0 fully saturated rings. The Bertz CT molecular complexity index is 901. The molecular weight excluding hydrogens is 426 g/mol. The molecule has 3 aromatic rings. The molecule has 0 N–H and O–H groups in total. The zero-order valence-electron chi connectivity index (χ0n) is 15.1. The molecule has 1 heterocycles. The van der Waals surface area contributed by atoms with Gasteiger partial charge in [0.2, 0.25) is 17.6 Å². The Morgan fingerprint density at radius 1 is 1.22 bits per heavy atom. The quantitative estimate of drug-likeness (QED) is 0.523. The Kier molecular flexibility index (Phi) is 6.68. The summed E-state index contributed by atoms with van der Waals surface area (Å²) in [7, 11) is 1.75. The summed E-state index contributed by atoms with van der Waals surface area (Å²) in [5.74, 6) is 1.77. The molecular formula is C20H20BrN3O2S. The lowest BCUT2D eigenvalue weighted by atomic mass is 10.2. The maximum Gasteiger partial charge on any atom is 0.246 e. The Morgan fingerprint density at radius 2 is 2.00 bits per heavy atom. The number of carbonyl (C=O) groups excluding carboxylic acids is 1. The van der Waals surface area contributed by atoms with E-state index in [2.05, 4.69) is 38.2 Å². The van der Waals surface area contributed by atoms with E-state index in [-0.39, 0.29) is 17.7 Å². The van der Waals surface area contributed by atoms with Crippen LogP contribution >= 0.6 is 27.7 Å². The van der Waals surface area contributed by atoms with Crippen LogP contribution in [0.4, 0.5) is 0 Å². The second-order valence-electron chi connectivity index (χ2n) is 6.16. The summed E-state index contributed by atoms with van der Waals surface area (Å²) >= 11 is 5.05. The fraction of sp³-hybridized carbons (Fsp3) is 0.250. The van der Waals surface area contributed by atoms with E-state index in [0.29, 0.717) is 11.7 Å². The van der Waals surface area contributed by atoms with E-state index in [1.54, 1.807) is 23.7 Å². The third kappa shape index (κ3) is 5.43. The molecule has 0 aliphatic rings. The average Bonchev–Trinajstić information content (AvgIpc) is 3.15. The third-order valence-electron chi connectivity index (χ3n) is 3.99. The van der Waals surface area contributed by atoms with Gasteiger partial charge < -0.3 is 9.42 Å². The van der Waals surface area contributed by atoms with Gasteiger partial charge in [0.15, 0.2) is 0 Å². The second-order valence-corrected chi connectivity index (χ2v) is 8.40. The molecule has 7 heteroatoms. The highest BCUT2D eigenvalue weighted by Crippen LogP contribution is 2.22. The number of rotatable bonds is 7. The number of amides is 1. The van der Waals surface area contributed by atoms with Crippen molar-refractivity contribution in [1.82, 2.24) is 15.0 Å². The van der Waals surface area contributed by atoms with Crippen LogP contribution in [-0.4, -0.2) is 33.2 Å². The SMILES string of the molecule is C[C@H](SCc1ccccc1)C(=O)N(C)Cc1nc(-c2cccc(Br)c2)no1. The highest BCUT2D eigenvalue weighted by atomic mass is 79.9. The number of benzene rings is 2. The van der Waals surface area contributed by atoms with Crippen molar-refractivity contribution in [3.8, 4) is 11.4 Å². The van der Waals surface area contributed by atoms with E-state index in [4.69, 9.17) is 4.52 Å². The van der Waals surface area contributed by atoms with Crippen LogP contribution in [0.1, 0.15) is 18.4 Å². The van der Waals surface area contributed by atoms with Crippen molar-refractivity contribution in [2.75, 3.05) is 7.05 Å². The van der Waals surface area contributed by atoms with Crippen molar-refractivity contribution in [1.29, 1.82) is 0 Å². The zero-order valence-corrected chi connectivity index (χ0v) is 17.5. The number of hydrogen-bond acceptors (Lipinski definition) is 5. The van der Waals surface area contributed by atoms with Crippen molar-refractivity contribution >= 4 is 33.6 Å². The minimum atomic E-state index is -0.150. The molecule has 2 aromatic carbocycles. The number of thioether (sulfide) groups is 1. The minimum absolute atomic E-state index is 0.0399. The monoisotopic (exact) mass is 445 g/mol. The highest BCUT2D eigenvalue weighted by molar-refractivity contribution is 9.10. The van der Waals surface area contributed by atoms with E-state index < -0.39 is 0 Å². The first-order chi connectivity index (χ1) is 13.0. The largest absolute Gasteiger partial charge is 0.337 e. The van der Waals surface area contributed by atoms with Gasteiger partial charge in [-0.05, 0) is 24.6 Å². The fourth-order valence-electron chi connectivity index (χ4n) is 2.52. The minimum Gasteiger partial charge on any atom is -0.337 e. The van der Waals surface area contributed by atoms with Crippen molar-refractivity contribution < 1.29 is 9.32 Å². The molecule has 0 saturated carbocycles. The summed E-state index contributed by atoms with van der Waals surface area (Å²) in [4.78, 5) is 18.6. The maximum absolute atomic E-state index is 12.6. The van der Waals surface area contributed by atoms with Gasteiger partial charge in [0, 0.05) is 22.8 Å². The third-order valence-corrected chi connectivity index (χ3v) is 5.69. The van der Waals surface area contributed by atoms with E-state index in [9.17, 15) is 4.79 Å². The first-order valence-electron chi connectivity index (χ1n) is 8.52. The summed E-state index contributed by atoms with van der Waals surface area (Å²) in [5.41, 5.74) is 2.07. The molecule has 0 unspecified atom stereocenters. The number of nitrogens with zero attached hydrogens (tertiary/aromatic N) is 3. The number of carbonyl (C=O) groups is 1. The molecule has 1 aromatic heterocycles. The van der Waals surface area contributed by atoms with E-state index in [0.717, 1.165) is 15.8 Å². The Labute approximate surface area is 171 Å². The molecule has 140 valence electrons. The Balaban J connectivity index is 1.56. The van der Waals surface area contributed by atoms with Crippen LogP contribution in [0.5, 0.6) is 0 Å². The number of aromatic nitrogens is 2. The predicted octanol–water partition coefficient (Wildman–Crippen LogP) is 4.78.